The van der Waals surface area contributed by atoms with Crippen LogP contribution in [0.2, 0.25) is 5.02 Å². The molecule has 6 heteroatoms. The fourth-order valence-electron chi connectivity index (χ4n) is 2.96. The van der Waals surface area contributed by atoms with Gasteiger partial charge in [0.1, 0.15) is 10.6 Å². The van der Waals surface area contributed by atoms with Crippen molar-refractivity contribution in [3.63, 3.8) is 0 Å². The molecule has 116 valence electrons. The standard InChI is InChI=1S/C16H18ClN3O2/c1-20-15(21)14(17)13(9-19-20)18-10-16(22)8-4-6-11-5-2-3-7-12(11)16/h2-3,5,7,9,18,22H,4,6,8,10H2,1H3. The Hall–Kier alpha value is -1.85. The average molecular weight is 320 g/mol. The lowest BCUT2D eigenvalue weighted by Crippen LogP contribution is -2.38. The van der Waals surface area contributed by atoms with E-state index < -0.39 is 5.60 Å². The van der Waals surface area contributed by atoms with Gasteiger partial charge < -0.3 is 10.4 Å². The fraction of sp³-hybridized carbons (Fsp3) is 0.375. The topological polar surface area (TPSA) is 67.2 Å². The summed E-state index contributed by atoms with van der Waals surface area (Å²) >= 11 is 6.04. The highest BCUT2D eigenvalue weighted by Gasteiger charge is 2.34. The van der Waals surface area contributed by atoms with E-state index in [0.717, 1.165) is 18.4 Å². The summed E-state index contributed by atoms with van der Waals surface area (Å²) in [6.45, 7) is 0.290. The van der Waals surface area contributed by atoms with Gasteiger partial charge in [0.05, 0.1) is 11.9 Å². The number of halogens is 1. The van der Waals surface area contributed by atoms with Gasteiger partial charge in [-0.1, -0.05) is 35.9 Å². The van der Waals surface area contributed by atoms with Crippen LogP contribution < -0.4 is 10.9 Å². The molecular formula is C16H18ClN3O2. The van der Waals surface area contributed by atoms with E-state index in [1.54, 1.807) is 7.05 Å². The minimum atomic E-state index is -0.959. The molecule has 0 radical (unpaired) electrons. The van der Waals surface area contributed by atoms with E-state index >= 15 is 0 Å². The lowest BCUT2D eigenvalue weighted by atomic mass is 9.79. The maximum Gasteiger partial charge on any atom is 0.287 e. The number of aromatic nitrogens is 2. The highest BCUT2D eigenvalue weighted by molar-refractivity contribution is 6.32. The van der Waals surface area contributed by atoms with Crippen LogP contribution >= 0.6 is 11.6 Å². The first-order valence-electron chi connectivity index (χ1n) is 7.28. The molecule has 1 heterocycles. The molecule has 0 aliphatic heterocycles. The van der Waals surface area contributed by atoms with Crippen LogP contribution in [-0.4, -0.2) is 21.4 Å². The molecule has 0 spiro atoms. The Morgan fingerprint density at radius 2 is 2.23 bits per heavy atom. The van der Waals surface area contributed by atoms with E-state index in [-0.39, 0.29) is 10.6 Å². The second kappa shape index (κ2) is 5.74. The van der Waals surface area contributed by atoms with Crippen molar-refractivity contribution in [1.29, 1.82) is 0 Å². The number of fused-ring (bicyclic) bond motifs is 1. The third-order valence-corrected chi connectivity index (χ3v) is 4.57. The predicted octanol–water partition coefficient (Wildman–Crippen LogP) is 2.07. The molecule has 3 rings (SSSR count). The Bertz CT molecular complexity index is 759. The van der Waals surface area contributed by atoms with Gasteiger partial charge >= 0.3 is 0 Å². The molecule has 0 amide bonds. The van der Waals surface area contributed by atoms with E-state index in [1.165, 1.54) is 16.4 Å². The third kappa shape index (κ3) is 2.62. The van der Waals surface area contributed by atoms with Crippen LogP contribution in [0.25, 0.3) is 0 Å². The van der Waals surface area contributed by atoms with Crippen molar-refractivity contribution < 1.29 is 5.11 Å². The number of benzene rings is 1. The molecule has 1 aliphatic rings. The van der Waals surface area contributed by atoms with Crippen molar-refractivity contribution in [2.75, 3.05) is 11.9 Å². The zero-order chi connectivity index (χ0) is 15.7. The summed E-state index contributed by atoms with van der Waals surface area (Å²) in [5, 5.41) is 18.1. The number of nitrogens with one attached hydrogen (secondary N) is 1. The van der Waals surface area contributed by atoms with Crippen LogP contribution in [0, 0.1) is 0 Å². The summed E-state index contributed by atoms with van der Waals surface area (Å²) in [6.07, 6.45) is 4.08. The van der Waals surface area contributed by atoms with E-state index in [0.29, 0.717) is 18.7 Å². The number of rotatable bonds is 3. The van der Waals surface area contributed by atoms with E-state index in [1.807, 2.05) is 24.3 Å². The summed E-state index contributed by atoms with van der Waals surface area (Å²) < 4.78 is 1.18. The van der Waals surface area contributed by atoms with Gasteiger partial charge in [0.25, 0.3) is 5.56 Å². The molecule has 1 aromatic heterocycles. The highest BCUT2D eigenvalue weighted by Crippen LogP contribution is 2.35. The summed E-state index contributed by atoms with van der Waals surface area (Å²) in [7, 11) is 1.54. The first-order valence-corrected chi connectivity index (χ1v) is 7.65. The summed E-state index contributed by atoms with van der Waals surface area (Å²) in [6, 6.07) is 7.92. The van der Waals surface area contributed by atoms with Crippen LogP contribution in [0.5, 0.6) is 0 Å². The molecule has 2 N–H and O–H groups in total. The van der Waals surface area contributed by atoms with Gasteiger partial charge in [-0.15, -0.1) is 0 Å². The van der Waals surface area contributed by atoms with Crippen LogP contribution in [0.3, 0.4) is 0 Å². The maximum absolute atomic E-state index is 11.8. The number of hydrogen-bond acceptors (Lipinski definition) is 4. The Morgan fingerprint density at radius 3 is 3.05 bits per heavy atom. The Kier molecular flexibility index (Phi) is 3.93. The quantitative estimate of drug-likeness (QED) is 0.909. The van der Waals surface area contributed by atoms with E-state index in [4.69, 9.17) is 11.6 Å². The molecule has 5 nitrogen and oxygen atoms in total. The first-order chi connectivity index (χ1) is 10.5. The maximum atomic E-state index is 11.8. The molecule has 1 atom stereocenters. The molecule has 1 aliphatic carbocycles. The molecule has 2 aromatic rings. The normalized spacial score (nSPS) is 20.5. The van der Waals surface area contributed by atoms with Crippen molar-refractivity contribution in [3.8, 4) is 0 Å². The molecule has 0 bridgehead atoms. The molecule has 1 unspecified atom stereocenters. The zero-order valence-electron chi connectivity index (χ0n) is 12.3. The number of nitrogens with zero attached hydrogens (tertiary/aromatic N) is 2. The number of hydrogen-bond donors (Lipinski definition) is 2. The van der Waals surface area contributed by atoms with Crippen molar-refractivity contribution in [2.45, 2.75) is 24.9 Å². The van der Waals surface area contributed by atoms with E-state index in [9.17, 15) is 9.90 Å². The Labute approximate surface area is 133 Å². The molecule has 0 fully saturated rings. The van der Waals surface area contributed by atoms with Gasteiger partial charge in [-0.3, -0.25) is 4.79 Å². The van der Waals surface area contributed by atoms with Gasteiger partial charge in [-0.2, -0.15) is 5.10 Å². The summed E-state index contributed by atoms with van der Waals surface area (Å²) in [4.78, 5) is 11.8. The molecule has 0 saturated carbocycles. The SMILES string of the molecule is Cn1ncc(NCC2(O)CCCc3ccccc32)c(Cl)c1=O. The molecular weight excluding hydrogens is 302 g/mol. The van der Waals surface area contributed by atoms with Crippen LogP contribution in [0.1, 0.15) is 24.0 Å². The van der Waals surface area contributed by atoms with Crippen molar-refractivity contribution in [2.24, 2.45) is 7.05 Å². The van der Waals surface area contributed by atoms with Gasteiger partial charge in [0, 0.05) is 13.6 Å². The van der Waals surface area contributed by atoms with Crippen LogP contribution in [0.15, 0.2) is 35.3 Å². The number of anilines is 1. The van der Waals surface area contributed by atoms with Crippen molar-refractivity contribution in [1.82, 2.24) is 9.78 Å². The van der Waals surface area contributed by atoms with Gasteiger partial charge in [0.15, 0.2) is 0 Å². The smallest absolute Gasteiger partial charge is 0.287 e. The minimum absolute atomic E-state index is 0.0881. The number of aryl methyl sites for hydroxylation is 2. The first kappa shape index (κ1) is 15.1. The number of aliphatic hydroxyl groups is 1. The summed E-state index contributed by atoms with van der Waals surface area (Å²) in [5.41, 5.74) is 1.25. The van der Waals surface area contributed by atoms with Crippen molar-refractivity contribution in [3.05, 3.63) is 57.0 Å². The lowest BCUT2D eigenvalue weighted by Gasteiger charge is -2.35. The predicted molar refractivity (Wildman–Crippen MR) is 86.3 cm³/mol. The van der Waals surface area contributed by atoms with Gasteiger partial charge in [-0.05, 0) is 30.4 Å². The third-order valence-electron chi connectivity index (χ3n) is 4.20. The Morgan fingerprint density at radius 1 is 1.45 bits per heavy atom. The summed E-state index contributed by atoms with van der Waals surface area (Å²) in [5.74, 6) is 0. The van der Waals surface area contributed by atoms with E-state index in [2.05, 4.69) is 10.4 Å². The monoisotopic (exact) mass is 319 g/mol. The lowest BCUT2D eigenvalue weighted by molar-refractivity contribution is 0.0323. The fourth-order valence-corrected chi connectivity index (χ4v) is 3.20. The second-order valence-corrected chi connectivity index (χ2v) is 6.07. The molecule has 0 saturated heterocycles. The highest BCUT2D eigenvalue weighted by atomic mass is 35.5. The van der Waals surface area contributed by atoms with Crippen molar-refractivity contribution >= 4 is 17.3 Å². The van der Waals surface area contributed by atoms with Gasteiger partial charge in [-0.25, -0.2) is 4.68 Å². The van der Waals surface area contributed by atoms with Gasteiger partial charge in [0.2, 0.25) is 0 Å². The zero-order valence-corrected chi connectivity index (χ0v) is 13.1. The Balaban J connectivity index is 1.86. The average Bonchev–Trinajstić information content (AvgIpc) is 2.53. The molecule has 22 heavy (non-hydrogen) atoms. The second-order valence-electron chi connectivity index (χ2n) is 5.70. The minimum Gasteiger partial charge on any atom is -0.383 e. The van der Waals surface area contributed by atoms with Crippen LogP contribution in [-0.2, 0) is 19.1 Å². The van der Waals surface area contributed by atoms with Crippen LogP contribution in [0.4, 0.5) is 5.69 Å². The molecule has 1 aromatic carbocycles. The largest absolute Gasteiger partial charge is 0.383 e.